The zero-order valence-electron chi connectivity index (χ0n) is 17.5. The molecule has 0 bridgehead atoms. The van der Waals surface area contributed by atoms with Crippen LogP contribution in [0.4, 0.5) is 0 Å². The fourth-order valence-corrected chi connectivity index (χ4v) is 12.5. The van der Waals surface area contributed by atoms with Crippen LogP contribution in [0.3, 0.4) is 0 Å². The van der Waals surface area contributed by atoms with E-state index in [1.54, 1.807) is 0 Å². The first kappa shape index (κ1) is 19.9. The minimum atomic E-state index is 1.31. The number of hydrogen-bond acceptors (Lipinski definition) is 6. The Bertz CT molecular complexity index is 1810. The molecule has 0 N–H and O–H groups in total. The van der Waals surface area contributed by atoms with Crippen molar-refractivity contribution in [3.8, 4) is 30.6 Å². The average molecular weight is 543 g/mol. The second kappa shape index (κ2) is 7.59. The zero-order chi connectivity index (χ0) is 22.2. The molecule has 8 rings (SSSR count). The van der Waals surface area contributed by atoms with Crippen LogP contribution in [0.25, 0.3) is 68.2 Å². The summed E-state index contributed by atoms with van der Waals surface area (Å²) in [7, 11) is 0. The molecule has 2 aromatic carbocycles. The van der Waals surface area contributed by atoms with E-state index in [4.69, 9.17) is 0 Å². The van der Waals surface area contributed by atoms with Crippen molar-refractivity contribution in [2.24, 2.45) is 0 Å². The molecule has 0 saturated carbocycles. The van der Waals surface area contributed by atoms with Gasteiger partial charge in [0.05, 0.1) is 18.8 Å². The molecule has 0 amide bonds. The Morgan fingerprint density at radius 2 is 0.647 bits per heavy atom. The third-order valence-electron chi connectivity index (χ3n) is 6.00. The third kappa shape index (κ3) is 3.04. The normalized spacial score (nSPS) is 12.1. The molecule has 0 aliphatic carbocycles. The quantitative estimate of drug-likeness (QED) is 0.208. The first-order valence-corrected chi connectivity index (χ1v) is 15.7. The molecular formula is C28H14S6. The summed E-state index contributed by atoms with van der Waals surface area (Å²) < 4.78 is 11.5. The van der Waals surface area contributed by atoms with Gasteiger partial charge in [0, 0.05) is 38.3 Å². The molecule has 0 nitrogen and oxygen atoms in total. The van der Waals surface area contributed by atoms with Crippen LogP contribution in [-0.2, 0) is 0 Å². The van der Waals surface area contributed by atoms with E-state index in [0.29, 0.717) is 0 Å². The van der Waals surface area contributed by atoms with Gasteiger partial charge in [-0.2, -0.15) is 0 Å². The molecule has 0 aliphatic rings. The summed E-state index contributed by atoms with van der Waals surface area (Å²) in [6.45, 7) is 0. The van der Waals surface area contributed by atoms with Gasteiger partial charge in [-0.15, -0.1) is 68.0 Å². The molecule has 162 valence electrons. The van der Waals surface area contributed by atoms with Crippen LogP contribution in [0.5, 0.6) is 0 Å². The molecule has 0 atom stereocenters. The lowest BCUT2D eigenvalue weighted by Crippen LogP contribution is -1.67. The highest BCUT2D eigenvalue weighted by Gasteiger charge is 2.18. The maximum absolute atomic E-state index is 2.41. The van der Waals surface area contributed by atoms with Crippen LogP contribution >= 0.6 is 68.0 Å². The second-order valence-electron chi connectivity index (χ2n) is 8.15. The zero-order valence-corrected chi connectivity index (χ0v) is 22.4. The Balaban J connectivity index is 1.22. The molecular weight excluding hydrogens is 529 g/mol. The van der Waals surface area contributed by atoms with E-state index in [0.717, 1.165) is 0 Å². The highest BCUT2D eigenvalue weighted by molar-refractivity contribution is 7.42. The van der Waals surface area contributed by atoms with E-state index in [1.807, 2.05) is 68.0 Å². The summed E-state index contributed by atoms with van der Waals surface area (Å²) in [5.74, 6) is 0. The van der Waals surface area contributed by atoms with E-state index < -0.39 is 0 Å². The molecule has 6 aromatic heterocycles. The maximum atomic E-state index is 2.41. The van der Waals surface area contributed by atoms with Crippen molar-refractivity contribution in [1.82, 2.24) is 0 Å². The highest BCUT2D eigenvalue weighted by atomic mass is 32.1. The Hall–Kier alpha value is -2.32. The van der Waals surface area contributed by atoms with Crippen LogP contribution < -0.4 is 0 Å². The van der Waals surface area contributed by atoms with Gasteiger partial charge in [0.2, 0.25) is 0 Å². The molecule has 0 fully saturated rings. The second-order valence-corrected chi connectivity index (χ2v) is 14.5. The van der Waals surface area contributed by atoms with Gasteiger partial charge < -0.3 is 0 Å². The average Bonchev–Trinajstić information content (AvgIpc) is 3.67. The monoisotopic (exact) mass is 542 g/mol. The van der Waals surface area contributed by atoms with E-state index in [1.165, 1.54) is 68.2 Å². The summed E-state index contributed by atoms with van der Waals surface area (Å²) >= 11 is 11.7. The number of benzene rings is 2. The lowest BCUT2D eigenvalue weighted by Gasteiger charge is -1.94. The predicted octanol–water partition coefficient (Wildman–Crippen LogP) is 11.7. The summed E-state index contributed by atoms with van der Waals surface area (Å²) in [6.07, 6.45) is 0. The molecule has 8 aromatic rings. The molecule has 0 spiro atoms. The fraction of sp³-hybridized carbons (Fsp3) is 0. The van der Waals surface area contributed by atoms with E-state index >= 15 is 0 Å². The molecule has 0 aliphatic heterocycles. The number of hydrogen-bond donors (Lipinski definition) is 0. The standard InChI is InChI=1S/C28H14S6/c1-3-7-15(8-4-1)17-11-21-25(31-17)27-23(29-21)13-19(33-27)20-14-24-28(34-20)26-22(30-24)12-18(32-26)16-9-5-2-6-10-16/h1-14H. The van der Waals surface area contributed by atoms with Crippen LogP contribution in [0.1, 0.15) is 0 Å². The van der Waals surface area contributed by atoms with Gasteiger partial charge in [-0.05, 0) is 35.4 Å². The van der Waals surface area contributed by atoms with Crippen molar-refractivity contribution in [3.05, 3.63) is 84.9 Å². The molecule has 0 saturated heterocycles. The van der Waals surface area contributed by atoms with Gasteiger partial charge in [0.25, 0.3) is 0 Å². The number of fused-ring (bicyclic) bond motifs is 6. The first-order valence-electron chi connectivity index (χ1n) is 10.8. The summed E-state index contributed by atoms with van der Waals surface area (Å²) in [5.41, 5.74) is 2.63. The van der Waals surface area contributed by atoms with Crippen molar-refractivity contribution in [2.45, 2.75) is 0 Å². The minimum Gasteiger partial charge on any atom is -0.133 e. The van der Waals surface area contributed by atoms with Crippen LogP contribution in [0, 0.1) is 0 Å². The fourth-order valence-electron chi connectivity index (χ4n) is 4.40. The van der Waals surface area contributed by atoms with E-state index in [2.05, 4.69) is 84.9 Å². The lowest BCUT2D eigenvalue weighted by atomic mass is 10.2. The molecule has 6 heteroatoms. The van der Waals surface area contributed by atoms with Crippen molar-refractivity contribution in [3.63, 3.8) is 0 Å². The van der Waals surface area contributed by atoms with Gasteiger partial charge in [-0.25, -0.2) is 0 Å². The molecule has 34 heavy (non-hydrogen) atoms. The summed E-state index contributed by atoms with van der Waals surface area (Å²) in [6, 6.07) is 31.0. The van der Waals surface area contributed by atoms with Gasteiger partial charge in [-0.1, -0.05) is 60.7 Å². The molecule has 0 unspecified atom stereocenters. The Morgan fingerprint density at radius 1 is 0.324 bits per heavy atom. The maximum Gasteiger partial charge on any atom is 0.0636 e. The van der Waals surface area contributed by atoms with Crippen molar-refractivity contribution in [2.75, 3.05) is 0 Å². The predicted molar refractivity (Wildman–Crippen MR) is 160 cm³/mol. The Labute approximate surface area is 219 Å². The van der Waals surface area contributed by atoms with Crippen LogP contribution in [0.2, 0.25) is 0 Å². The van der Waals surface area contributed by atoms with Crippen molar-refractivity contribution >= 4 is 106 Å². The largest absolute Gasteiger partial charge is 0.133 e. The third-order valence-corrected chi connectivity index (χ3v) is 13.9. The molecule has 6 heterocycles. The van der Waals surface area contributed by atoms with Gasteiger partial charge in [0.15, 0.2) is 0 Å². The SMILES string of the molecule is c1ccc(-c2cc3sc4cc(-c5cc6sc7cc(-c8ccccc8)sc7c6s5)sc4c3s2)cc1. The van der Waals surface area contributed by atoms with Crippen molar-refractivity contribution < 1.29 is 0 Å². The lowest BCUT2D eigenvalue weighted by molar-refractivity contribution is 1.70. The van der Waals surface area contributed by atoms with Gasteiger partial charge in [-0.3, -0.25) is 0 Å². The van der Waals surface area contributed by atoms with Gasteiger partial charge >= 0.3 is 0 Å². The Morgan fingerprint density at radius 3 is 1.03 bits per heavy atom. The number of thiophene rings is 6. The highest BCUT2D eigenvalue weighted by Crippen LogP contribution is 2.52. The topological polar surface area (TPSA) is 0 Å². The van der Waals surface area contributed by atoms with Crippen LogP contribution in [0.15, 0.2) is 84.9 Å². The van der Waals surface area contributed by atoms with E-state index in [-0.39, 0.29) is 0 Å². The molecule has 0 radical (unpaired) electrons. The number of rotatable bonds is 3. The van der Waals surface area contributed by atoms with Crippen molar-refractivity contribution in [1.29, 1.82) is 0 Å². The van der Waals surface area contributed by atoms with Gasteiger partial charge in [0.1, 0.15) is 0 Å². The van der Waals surface area contributed by atoms with Crippen LogP contribution in [-0.4, -0.2) is 0 Å². The van der Waals surface area contributed by atoms with E-state index in [9.17, 15) is 0 Å². The smallest absolute Gasteiger partial charge is 0.0636 e. The summed E-state index contributed by atoms with van der Waals surface area (Å²) in [4.78, 5) is 5.53. The first-order chi connectivity index (χ1) is 16.8. The summed E-state index contributed by atoms with van der Waals surface area (Å²) in [5, 5.41) is 0. The minimum absolute atomic E-state index is 1.31. The Kier molecular flexibility index (Phi) is 4.45.